The van der Waals surface area contributed by atoms with Crippen molar-refractivity contribution < 1.29 is 9.59 Å². The minimum Gasteiger partial charge on any atom is -0.338 e. The topological polar surface area (TPSA) is 82.0 Å². The van der Waals surface area contributed by atoms with Gasteiger partial charge in [0.05, 0.1) is 11.4 Å². The summed E-state index contributed by atoms with van der Waals surface area (Å²) >= 11 is 0. The summed E-state index contributed by atoms with van der Waals surface area (Å²) in [7, 11) is 0. The first-order valence-electron chi connectivity index (χ1n) is 13.5. The van der Waals surface area contributed by atoms with Crippen LogP contribution < -0.4 is 9.80 Å². The summed E-state index contributed by atoms with van der Waals surface area (Å²) in [5.41, 5.74) is 4.27. The molecule has 2 aliphatic rings. The molecule has 1 saturated heterocycles. The number of amides is 2. The fraction of sp³-hybridized carbons (Fsp3) is 0.219. The van der Waals surface area contributed by atoms with Crippen molar-refractivity contribution in [3.8, 4) is 0 Å². The van der Waals surface area contributed by atoms with Crippen LogP contribution in [0, 0.1) is 0 Å². The van der Waals surface area contributed by atoms with Crippen LogP contribution in [0.3, 0.4) is 0 Å². The van der Waals surface area contributed by atoms with Crippen LogP contribution in [0.1, 0.15) is 16.7 Å². The van der Waals surface area contributed by atoms with E-state index < -0.39 is 6.04 Å². The van der Waals surface area contributed by atoms with Gasteiger partial charge in [0.1, 0.15) is 12.6 Å². The Hall–Kier alpha value is -4.85. The van der Waals surface area contributed by atoms with Crippen LogP contribution in [0.2, 0.25) is 0 Å². The van der Waals surface area contributed by atoms with E-state index in [1.165, 1.54) is 0 Å². The number of piperazine rings is 1. The molecule has 0 saturated carbocycles. The van der Waals surface area contributed by atoms with Gasteiger partial charge >= 0.3 is 0 Å². The molecule has 8 heteroatoms. The SMILES string of the molecule is O=C(CN1C(=O)[C@H](Cc2ccccc2)N=C(c2ccccc2)c2ccccc21)N1CCN(c2ncccn2)CC1. The first-order chi connectivity index (χ1) is 19.7. The molecule has 2 amide bonds. The van der Waals surface area contributed by atoms with Gasteiger partial charge in [0.15, 0.2) is 0 Å². The zero-order valence-corrected chi connectivity index (χ0v) is 22.1. The number of para-hydroxylation sites is 1. The number of carbonyl (C=O) groups excluding carboxylic acids is 2. The molecule has 0 N–H and O–H groups in total. The summed E-state index contributed by atoms with van der Waals surface area (Å²) < 4.78 is 0. The van der Waals surface area contributed by atoms with Crippen molar-refractivity contribution >= 4 is 29.2 Å². The molecule has 0 aliphatic carbocycles. The van der Waals surface area contributed by atoms with E-state index in [2.05, 4.69) is 14.9 Å². The van der Waals surface area contributed by atoms with Crippen LogP contribution in [-0.4, -0.2) is 71.2 Å². The number of anilines is 2. The summed E-state index contributed by atoms with van der Waals surface area (Å²) in [4.78, 5) is 47.1. The molecule has 0 spiro atoms. The number of benzene rings is 3. The van der Waals surface area contributed by atoms with Crippen molar-refractivity contribution in [1.29, 1.82) is 0 Å². The lowest BCUT2D eigenvalue weighted by Crippen LogP contribution is -2.53. The van der Waals surface area contributed by atoms with Gasteiger partial charge < -0.3 is 14.7 Å². The predicted molar refractivity (Wildman–Crippen MR) is 156 cm³/mol. The molecule has 0 unspecified atom stereocenters. The Labute approximate surface area is 233 Å². The molecule has 0 bridgehead atoms. The number of hydrogen-bond acceptors (Lipinski definition) is 6. The van der Waals surface area contributed by atoms with E-state index in [-0.39, 0.29) is 18.4 Å². The molecule has 1 fully saturated rings. The molecule has 1 aromatic heterocycles. The maximum absolute atomic E-state index is 14.2. The van der Waals surface area contributed by atoms with Crippen molar-refractivity contribution in [2.24, 2.45) is 4.99 Å². The van der Waals surface area contributed by atoms with Gasteiger partial charge in [0.25, 0.3) is 5.91 Å². The van der Waals surface area contributed by atoms with Gasteiger partial charge in [0.2, 0.25) is 11.9 Å². The Morgan fingerprint density at radius 2 is 1.43 bits per heavy atom. The van der Waals surface area contributed by atoms with E-state index in [9.17, 15) is 9.59 Å². The van der Waals surface area contributed by atoms with Crippen molar-refractivity contribution in [2.75, 3.05) is 42.5 Å². The van der Waals surface area contributed by atoms with Crippen molar-refractivity contribution in [1.82, 2.24) is 14.9 Å². The van der Waals surface area contributed by atoms with E-state index in [0.717, 1.165) is 22.4 Å². The van der Waals surface area contributed by atoms with Gasteiger partial charge in [0, 0.05) is 56.1 Å². The Kier molecular flexibility index (Phi) is 7.30. The predicted octanol–water partition coefficient (Wildman–Crippen LogP) is 3.62. The third kappa shape index (κ3) is 5.33. The van der Waals surface area contributed by atoms with E-state index in [1.54, 1.807) is 23.4 Å². The highest BCUT2D eigenvalue weighted by atomic mass is 16.2. The maximum atomic E-state index is 14.2. The molecule has 6 rings (SSSR count). The molecular formula is C32H30N6O2. The smallest absolute Gasteiger partial charge is 0.252 e. The molecule has 200 valence electrons. The molecule has 2 aliphatic heterocycles. The minimum absolute atomic E-state index is 0.0411. The minimum atomic E-state index is -0.662. The number of nitrogens with zero attached hydrogens (tertiary/aromatic N) is 6. The lowest BCUT2D eigenvalue weighted by molar-refractivity contribution is -0.131. The number of aromatic nitrogens is 2. The van der Waals surface area contributed by atoms with Crippen LogP contribution in [0.25, 0.3) is 0 Å². The number of fused-ring (bicyclic) bond motifs is 1. The summed E-state index contributed by atoms with van der Waals surface area (Å²) in [6.45, 7) is 2.32. The van der Waals surface area contributed by atoms with Crippen LogP contribution in [-0.2, 0) is 16.0 Å². The summed E-state index contributed by atoms with van der Waals surface area (Å²) in [5.74, 6) is 0.408. The highest BCUT2D eigenvalue weighted by molar-refractivity contribution is 6.20. The first-order valence-corrected chi connectivity index (χ1v) is 13.5. The van der Waals surface area contributed by atoms with Gasteiger partial charge in [-0.25, -0.2) is 9.97 Å². The fourth-order valence-corrected chi connectivity index (χ4v) is 5.29. The molecule has 0 radical (unpaired) electrons. The van der Waals surface area contributed by atoms with E-state index in [1.807, 2.05) is 89.8 Å². The Bertz CT molecular complexity index is 1500. The second kappa shape index (κ2) is 11.5. The normalized spacial score (nSPS) is 17.2. The van der Waals surface area contributed by atoms with Crippen LogP contribution in [0.15, 0.2) is 108 Å². The molecule has 3 heterocycles. The standard InChI is InChI=1S/C32H30N6O2/c39-29(36-18-20-37(21-19-36)32-33-16-9-17-34-32)23-38-28-15-8-7-14-26(28)30(25-12-5-2-6-13-25)35-27(31(38)40)22-24-10-3-1-4-11-24/h1-17,27H,18-23H2/t27-/m0/s1. The van der Waals surface area contributed by atoms with Gasteiger partial charge in [-0.2, -0.15) is 0 Å². The second-order valence-electron chi connectivity index (χ2n) is 9.91. The molecule has 1 atom stereocenters. The highest BCUT2D eigenvalue weighted by Gasteiger charge is 2.34. The van der Waals surface area contributed by atoms with E-state index >= 15 is 0 Å². The van der Waals surface area contributed by atoms with E-state index in [4.69, 9.17) is 4.99 Å². The third-order valence-corrected chi connectivity index (χ3v) is 7.37. The number of hydrogen-bond donors (Lipinski definition) is 0. The Balaban J connectivity index is 1.29. The van der Waals surface area contributed by atoms with Gasteiger partial charge in [-0.3, -0.25) is 14.6 Å². The van der Waals surface area contributed by atoms with E-state index in [0.29, 0.717) is 44.2 Å². The molecule has 4 aromatic rings. The van der Waals surface area contributed by atoms with Crippen molar-refractivity contribution in [3.63, 3.8) is 0 Å². The maximum Gasteiger partial charge on any atom is 0.252 e. The molecule has 3 aromatic carbocycles. The summed E-state index contributed by atoms with van der Waals surface area (Å²) in [6.07, 6.45) is 3.89. The van der Waals surface area contributed by atoms with Crippen molar-refractivity contribution in [2.45, 2.75) is 12.5 Å². The first kappa shape index (κ1) is 25.4. The Morgan fingerprint density at radius 3 is 2.15 bits per heavy atom. The number of carbonyl (C=O) groups is 2. The quantitative estimate of drug-likeness (QED) is 0.380. The molecule has 8 nitrogen and oxygen atoms in total. The molecule has 40 heavy (non-hydrogen) atoms. The van der Waals surface area contributed by atoms with Gasteiger partial charge in [-0.15, -0.1) is 0 Å². The lowest BCUT2D eigenvalue weighted by atomic mass is 10.00. The zero-order chi connectivity index (χ0) is 27.3. The fourth-order valence-electron chi connectivity index (χ4n) is 5.29. The average molecular weight is 531 g/mol. The zero-order valence-electron chi connectivity index (χ0n) is 22.1. The number of benzodiazepines with no additional fused rings is 1. The van der Waals surface area contributed by atoms with Crippen molar-refractivity contribution in [3.05, 3.63) is 120 Å². The van der Waals surface area contributed by atoms with Gasteiger partial charge in [-0.05, 0) is 17.7 Å². The lowest BCUT2D eigenvalue weighted by Gasteiger charge is -2.36. The molecular weight excluding hydrogens is 500 g/mol. The summed E-state index contributed by atoms with van der Waals surface area (Å²) in [5, 5.41) is 0. The third-order valence-electron chi connectivity index (χ3n) is 7.37. The largest absolute Gasteiger partial charge is 0.338 e. The summed E-state index contributed by atoms with van der Waals surface area (Å²) in [6, 6.07) is 28.7. The highest BCUT2D eigenvalue weighted by Crippen LogP contribution is 2.30. The average Bonchev–Trinajstić information content (AvgIpc) is 3.13. The monoisotopic (exact) mass is 530 g/mol. The second-order valence-corrected chi connectivity index (χ2v) is 9.91. The Morgan fingerprint density at radius 1 is 0.775 bits per heavy atom. The van der Waals surface area contributed by atoms with Gasteiger partial charge in [-0.1, -0.05) is 78.9 Å². The van der Waals surface area contributed by atoms with Crippen LogP contribution in [0.4, 0.5) is 11.6 Å². The van der Waals surface area contributed by atoms with Crippen LogP contribution in [0.5, 0.6) is 0 Å². The van der Waals surface area contributed by atoms with Crippen LogP contribution >= 0.6 is 0 Å². The number of rotatable bonds is 6. The number of aliphatic imine (C=N–C) groups is 1.